The highest BCUT2D eigenvalue weighted by atomic mass is 16.5. The van der Waals surface area contributed by atoms with Gasteiger partial charge in [-0.1, -0.05) is 13.8 Å². The highest BCUT2D eigenvalue weighted by Gasteiger charge is 2.13. The van der Waals surface area contributed by atoms with Gasteiger partial charge in [0.25, 0.3) is 0 Å². The minimum Gasteiger partial charge on any atom is -0.389 e. The van der Waals surface area contributed by atoms with E-state index in [-0.39, 0.29) is 25.0 Å². The van der Waals surface area contributed by atoms with Crippen molar-refractivity contribution in [3.8, 4) is 0 Å². The predicted molar refractivity (Wildman–Crippen MR) is 58.6 cm³/mol. The first-order valence-electron chi connectivity index (χ1n) is 5.27. The molecular formula is C10H22N2O3. The molecule has 3 N–H and O–H groups in total. The largest absolute Gasteiger partial charge is 0.389 e. The smallest absolute Gasteiger partial charge is 0.224 e. The van der Waals surface area contributed by atoms with Gasteiger partial charge >= 0.3 is 0 Å². The number of methoxy groups -OCH3 is 1. The molecule has 5 nitrogen and oxygen atoms in total. The van der Waals surface area contributed by atoms with Crippen LogP contribution in [0.4, 0.5) is 0 Å². The summed E-state index contributed by atoms with van der Waals surface area (Å²) in [5.41, 5.74) is 0. The number of carbonyl (C=O) groups excluding carboxylic acids is 1. The lowest BCUT2D eigenvalue weighted by molar-refractivity contribution is -0.125. The summed E-state index contributed by atoms with van der Waals surface area (Å²) >= 11 is 0. The van der Waals surface area contributed by atoms with Crippen LogP contribution in [0.1, 0.15) is 13.8 Å². The van der Waals surface area contributed by atoms with Crippen molar-refractivity contribution in [2.24, 2.45) is 5.92 Å². The lowest BCUT2D eigenvalue weighted by atomic mass is 10.1. The fourth-order valence-corrected chi connectivity index (χ4v) is 1.10. The van der Waals surface area contributed by atoms with Crippen LogP contribution in [0.5, 0.6) is 0 Å². The van der Waals surface area contributed by atoms with Crippen molar-refractivity contribution in [1.82, 2.24) is 10.6 Å². The van der Waals surface area contributed by atoms with Crippen LogP contribution in [0.3, 0.4) is 0 Å². The highest BCUT2D eigenvalue weighted by Crippen LogP contribution is 1.92. The third-order valence-electron chi connectivity index (χ3n) is 2.02. The molecule has 0 aliphatic rings. The summed E-state index contributed by atoms with van der Waals surface area (Å²) in [7, 11) is 1.51. The summed E-state index contributed by atoms with van der Waals surface area (Å²) in [5.74, 6) is -0.134. The topological polar surface area (TPSA) is 70.6 Å². The Balaban J connectivity index is 3.63. The molecule has 0 radical (unpaired) electrons. The maximum Gasteiger partial charge on any atom is 0.224 e. The van der Waals surface area contributed by atoms with E-state index >= 15 is 0 Å². The van der Waals surface area contributed by atoms with Gasteiger partial charge < -0.3 is 20.5 Å². The minimum atomic E-state index is -0.634. The van der Waals surface area contributed by atoms with E-state index in [9.17, 15) is 9.90 Å². The molecule has 2 atom stereocenters. The second-order valence-corrected chi connectivity index (χ2v) is 3.56. The molecule has 0 bridgehead atoms. The molecule has 0 aromatic rings. The van der Waals surface area contributed by atoms with Crippen LogP contribution < -0.4 is 10.6 Å². The van der Waals surface area contributed by atoms with Crippen LogP contribution in [0.2, 0.25) is 0 Å². The molecule has 1 amide bonds. The molecule has 5 heteroatoms. The Morgan fingerprint density at radius 2 is 2.13 bits per heavy atom. The molecule has 0 heterocycles. The van der Waals surface area contributed by atoms with Crippen LogP contribution in [0, 0.1) is 5.92 Å². The van der Waals surface area contributed by atoms with Crippen LogP contribution in [0.15, 0.2) is 0 Å². The van der Waals surface area contributed by atoms with E-state index in [4.69, 9.17) is 4.74 Å². The van der Waals surface area contributed by atoms with E-state index in [1.165, 1.54) is 7.11 Å². The van der Waals surface area contributed by atoms with Crippen molar-refractivity contribution in [3.63, 3.8) is 0 Å². The van der Waals surface area contributed by atoms with Crippen LogP contribution in [0.25, 0.3) is 0 Å². The first-order chi connectivity index (χ1) is 7.11. The average molecular weight is 218 g/mol. The zero-order valence-electron chi connectivity index (χ0n) is 9.75. The van der Waals surface area contributed by atoms with Gasteiger partial charge in [-0.15, -0.1) is 0 Å². The molecule has 0 spiro atoms. The van der Waals surface area contributed by atoms with Crippen molar-refractivity contribution in [2.75, 3.05) is 33.4 Å². The third-order valence-corrected chi connectivity index (χ3v) is 2.02. The lowest BCUT2D eigenvalue weighted by Crippen LogP contribution is -2.40. The Bertz CT molecular complexity index is 176. The first kappa shape index (κ1) is 14.3. The van der Waals surface area contributed by atoms with Crippen molar-refractivity contribution in [2.45, 2.75) is 20.0 Å². The zero-order chi connectivity index (χ0) is 11.7. The molecule has 0 aromatic carbocycles. The van der Waals surface area contributed by atoms with Crippen LogP contribution in [-0.4, -0.2) is 50.5 Å². The fourth-order valence-electron chi connectivity index (χ4n) is 1.10. The molecule has 0 rings (SSSR count). The number of carbonyl (C=O) groups is 1. The number of amides is 1. The number of aliphatic hydroxyl groups is 1. The second kappa shape index (κ2) is 8.64. The predicted octanol–water partition coefficient (Wildman–Crippen LogP) is -0.644. The molecule has 0 saturated heterocycles. The van der Waals surface area contributed by atoms with Gasteiger partial charge in [-0.3, -0.25) is 4.79 Å². The number of hydrogen-bond acceptors (Lipinski definition) is 4. The van der Waals surface area contributed by atoms with Gasteiger partial charge in [0.15, 0.2) is 0 Å². The Labute approximate surface area is 91.2 Å². The zero-order valence-corrected chi connectivity index (χ0v) is 9.75. The standard InChI is InChI=1S/C10H22N2O3/c1-4-11-5-8(2)10(14)12-6-9(13)7-15-3/h8-9,11,13H,4-7H2,1-3H3,(H,12,14). The number of aliphatic hydroxyl groups excluding tert-OH is 1. The molecule has 0 aliphatic heterocycles. The summed E-state index contributed by atoms with van der Waals surface area (Å²) in [6, 6.07) is 0. The van der Waals surface area contributed by atoms with Gasteiger partial charge in [0.05, 0.1) is 12.7 Å². The summed E-state index contributed by atoms with van der Waals surface area (Å²) in [6.45, 7) is 5.82. The van der Waals surface area contributed by atoms with E-state index in [0.29, 0.717) is 6.54 Å². The molecule has 0 aromatic heterocycles. The second-order valence-electron chi connectivity index (χ2n) is 3.56. The van der Waals surface area contributed by atoms with Gasteiger partial charge in [0.1, 0.15) is 0 Å². The molecule has 90 valence electrons. The Morgan fingerprint density at radius 1 is 1.47 bits per heavy atom. The first-order valence-corrected chi connectivity index (χ1v) is 5.27. The van der Waals surface area contributed by atoms with Crippen molar-refractivity contribution in [1.29, 1.82) is 0 Å². The van der Waals surface area contributed by atoms with Gasteiger partial charge in [-0.2, -0.15) is 0 Å². The van der Waals surface area contributed by atoms with Crippen molar-refractivity contribution in [3.05, 3.63) is 0 Å². The van der Waals surface area contributed by atoms with Crippen LogP contribution in [-0.2, 0) is 9.53 Å². The molecule has 0 aliphatic carbocycles. The normalized spacial score (nSPS) is 14.7. The average Bonchev–Trinajstić information content (AvgIpc) is 2.22. The Morgan fingerprint density at radius 3 is 2.67 bits per heavy atom. The van der Waals surface area contributed by atoms with Crippen molar-refractivity contribution < 1.29 is 14.6 Å². The van der Waals surface area contributed by atoms with E-state index in [2.05, 4.69) is 10.6 Å². The van der Waals surface area contributed by atoms with Crippen molar-refractivity contribution >= 4 is 5.91 Å². The van der Waals surface area contributed by atoms with E-state index in [1.54, 1.807) is 0 Å². The fraction of sp³-hybridized carbons (Fsp3) is 0.900. The maximum absolute atomic E-state index is 11.5. The highest BCUT2D eigenvalue weighted by molar-refractivity contribution is 5.78. The minimum absolute atomic E-state index is 0.0499. The molecular weight excluding hydrogens is 196 g/mol. The number of ether oxygens (including phenoxy) is 1. The number of rotatable bonds is 8. The Kier molecular flexibility index (Phi) is 8.27. The van der Waals surface area contributed by atoms with Gasteiger partial charge in [-0.05, 0) is 6.54 Å². The van der Waals surface area contributed by atoms with Gasteiger partial charge in [0, 0.05) is 26.1 Å². The number of hydrogen-bond donors (Lipinski definition) is 3. The molecule has 0 fully saturated rings. The van der Waals surface area contributed by atoms with E-state index < -0.39 is 6.10 Å². The maximum atomic E-state index is 11.5. The van der Waals surface area contributed by atoms with E-state index in [1.807, 2.05) is 13.8 Å². The molecule has 0 saturated carbocycles. The van der Waals surface area contributed by atoms with Gasteiger partial charge in [-0.25, -0.2) is 0 Å². The summed E-state index contributed by atoms with van der Waals surface area (Å²) in [6.07, 6.45) is -0.634. The monoisotopic (exact) mass is 218 g/mol. The number of nitrogens with one attached hydrogen (secondary N) is 2. The molecule has 2 unspecified atom stereocenters. The third kappa shape index (κ3) is 7.30. The molecule has 15 heavy (non-hydrogen) atoms. The summed E-state index contributed by atoms with van der Waals surface area (Å²) in [5, 5.41) is 15.1. The Hall–Kier alpha value is -0.650. The lowest BCUT2D eigenvalue weighted by Gasteiger charge is -2.14. The quantitative estimate of drug-likeness (QED) is 0.506. The van der Waals surface area contributed by atoms with E-state index in [0.717, 1.165) is 6.54 Å². The van der Waals surface area contributed by atoms with Gasteiger partial charge in [0.2, 0.25) is 5.91 Å². The summed E-state index contributed by atoms with van der Waals surface area (Å²) < 4.78 is 4.75. The SMILES string of the molecule is CCNCC(C)C(=O)NCC(O)COC. The summed E-state index contributed by atoms with van der Waals surface area (Å²) in [4.78, 5) is 11.5. The van der Waals surface area contributed by atoms with Crippen LogP contribution >= 0.6 is 0 Å².